The number of carbonyl (C=O) groups excluding carboxylic acids is 1. The van der Waals surface area contributed by atoms with Crippen molar-refractivity contribution >= 4 is 26.7 Å². The first kappa shape index (κ1) is 34.3. The molecular weight excluding hydrogens is 524 g/mol. The van der Waals surface area contributed by atoms with Crippen LogP contribution in [0.5, 0.6) is 0 Å². The molecule has 10 heteroatoms. The van der Waals surface area contributed by atoms with Crippen LogP contribution in [0, 0.1) is 11.8 Å². The van der Waals surface area contributed by atoms with Crippen molar-refractivity contribution in [1.29, 1.82) is 0 Å². The Morgan fingerprint density at radius 1 is 0.842 bits per heavy atom. The van der Waals surface area contributed by atoms with E-state index < -0.39 is 20.2 Å². The molecule has 1 aromatic rings. The van der Waals surface area contributed by atoms with Crippen LogP contribution in [0.15, 0.2) is 11.1 Å². The highest BCUT2D eigenvalue weighted by Crippen LogP contribution is 2.66. The second kappa shape index (κ2) is 16.4. The van der Waals surface area contributed by atoms with Gasteiger partial charge in [-0.3, -0.25) is 13.9 Å². The van der Waals surface area contributed by atoms with Crippen molar-refractivity contribution in [2.75, 3.05) is 6.54 Å². The molecule has 214 valence electrons. The molecule has 1 rings (SSSR count). The Bertz CT molecular complexity index is 1110. The molecule has 0 radical (unpaired) electrons. The fourth-order valence-electron chi connectivity index (χ4n) is 4.79. The van der Waals surface area contributed by atoms with Crippen LogP contribution in [0.4, 0.5) is 0 Å². The minimum Gasteiger partial charge on any atom is -0.345 e. The number of aryl methyl sites for hydroxylation is 1. The van der Waals surface area contributed by atoms with E-state index in [0.29, 0.717) is 36.8 Å². The van der Waals surface area contributed by atoms with Crippen LogP contribution in [0.1, 0.15) is 114 Å². The molecule has 0 aliphatic heterocycles. The second-order valence-electron chi connectivity index (χ2n) is 9.32. The fraction of sp³-hybridized carbons (Fsp3) is 0.607. The van der Waals surface area contributed by atoms with Gasteiger partial charge in [0.05, 0.1) is 6.54 Å². The first-order valence-electron chi connectivity index (χ1n) is 13.7. The maximum atomic E-state index is 12.3. The van der Waals surface area contributed by atoms with E-state index in [2.05, 4.69) is 24.1 Å². The van der Waals surface area contributed by atoms with Gasteiger partial charge in [0, 0.05) is 12.0 Å². The highest BCUT2D eigenvalue weighted by Gasteiger charge is 2.40. The van der Waals surface area contributed by atoms with Crippen LogP contribution < -0.4 is 5.32 Å². The smallest absolute Gasteiger partial charge is 0.345 e. The quantitative estimate of drug-likeness (QED) is 0.0986. The number of benzene rings is 1. The van der Waals surface area contributed by atoms with Gasteiger partial charge >= 0.3 is 15.2 Å². The van der Waals surface area contributed by atoms with Gasteiger partial charge in [-0.05, 0) is 66.0 Å². The minimum absolute atomic E-state index is 0.00694. The number of carbonyl (C=O) groups is 1. The van der Waals surface area contributed by atoms with Crippen LogP contribution in [0.3, 0.4) is 0 Å². The summed E-state index contributed by atoms with van der Waals surface area (Å²) >= 11 is 0. The van der Waals surface area contributed by atoms with Crippen molar-refractivity contribution < 1.29 is 33.5 Å². The molecule has 0 aromatic heterocycles. The Hall–Kier alpha value is -1.71. The summed E-state index contributed by atoms with van der Waals surface area (Å²) in [6.07, 6.45) is 8.89. The molecule has 0 atom stereocenters. The summed E-state index contributed by atoms with van der Waals surface area (Å²) in [4.78, 5) is 51.8. The zero-order valence-electron chi connectivity index (χ0n) is 23.5. The monoisotopic (exact) mass is 569 g/mol. The Morgan fingerprint density at radius 3 is 1.92 bits per heavy atom. The summed E-state index contributed by atoms with van der Waals surface area (Å²) < 4.78 is 24.5. The summed E-state index contributed by atoms with van der Waals surface area (Å²) in [5.41, 5.74) is 3.62. The van der Waals surface area contributed by atoms with Gasteiger partial charge in [0.15, 0.2) is 5.06 Å². The van der Waals surface area contributed by atoms with E-state index in [0.717, 1.165) is 36.0 Å². The maximum absolute atomic E-state index is 12.3. The molecule has 8 nitrogen and oxygen atoms in total. The van der Waals surface area contributed by atoms with Crippen LogP contribution in [-0.2, 0) is 33.2 Å². The van der Waals surface area contributed by atoms with E-state index in [4.69, 9.17) is 0 Å². The second-order valence-corrected chi connectivity index (χ2v) is 12.7. The number of hydrogen-bond acceptors (Lipinski definition) is 3. The summed E-state index contributed by atoms with van der Waals surface area (Å²) in [6.45, 7) is 9.79. The number of amides is 1. The lowest BCUT2D eigenvalue weighted by Crippen LogP contribution is -2.23. The normalized spacial score (nSPS) is 11.6. The minimum atomic E-state index is -5.27. The van der Waals surface area contributed by atoms with Gasteiger partial charge in [-0.25, -0.2) is 0 Å². The van der Waals surface area contributed by atoms with Crippen LogP contribution in [-0.4, -0.2) is 32.0 Å². The molecule has 38 heavy (non-hydrogen) atoms. The summed E-state index contributed by atoms with van der Waals surface area (Å²) in [5.74, 6) is 5.95. The summed E-state index contributed by atoms with van der Waals surface area (Å²) in [5, 5.41) is 1.65. The largest absolute Gasteiger partial charge is 0.364 e. The van der Waals surface area contributed by atoms with Gasteiger partial charge in [0.1, 0.15) is 0 Å². The molecule has 1 aromatic carbocycles. The van der Waals surface area contributed by atoms with Crippen molar-refractivity contribution in [3.8, 4) is 11.8 Å². The third-order valence-electron chi connectivity index (χ3n) is 6.57. The first-order valence-corrected chi connectivity index (χ1v) is 16.9. The number of allylic oxidation sites excluding steroid dienone is 1. The number of hydrogen-bond donors (Lipinski definition) is 5. The average Bonchev–Trinajstić information content (AvgIpc) is 2.84. The highest BCUT2D eigenvalue weighted by atomic mass is 31.2. The lowest BCUT2D eigenvalue weighted by molar-refractivity contribution is -0.120. The standard InChI is InChI=1S/C28H45NO7P2/c1-6-11-12-13-14-15-18-27(30)29-19-16-17-25-23(9-4)22(8-3)21(7-2)20-26(25)24(10-5)28(37(31,32)33)38(34,35)36/h20H,6-15,18-19H2,1-5H3,(H,29,30)(H2,31,32,33)(H2,34,35,36). The van der Waals surface area contributed by atoms with E-state index in [1.54, 1.807) is 13.0 Å². The van der Waals surface area contributed by atoms with E-state index in [-0.39, 0.29) is 24.4 Å². The van der Waals surface area contributed by atoms with Crippen molar-refractivity contribution in [3.63, 3.8) is 0 Å². The molecule has 0 aliphatic rings. The van der Waals surface area contributed by atoms with E-state index >= 15 is 0 Å². The predicted molar refractivity (Wildman–Crippen MR) is 154 cm³/mol. The van der Waals surface area contributed by atoms with Crippen molar-refractivity contribution in [2.24, 2.45) is 0 Å². The topological polar surface area (TPSA) is 144 Å². The van der Waals surface area contributed by atoms with Gasteiger partial charge in [0.2, 0.25) is 5.91 Å². The Labute approximate surface area is 228 Å². The molecule has 0 fully saturated rings. The molecule has 0 spiro atoms. The van der Waals surface area contributed by atoms with Gasteiger partial charge in [-0.2, -0.15) is 0 Å². The molecule has 0 heterocycles. The van der Waals surface area contributed by atoms with Crippen molar-refractivity contribution in [3.05, 3.63) is 38.9 Å². The Balaban J connectivity index is 3.49. The van der Waals surface area contributed by atoms with Crippen LogP contribution >= 0.6 is 15.2 Å². The van der Waals surface area contributed by atoms with Crippen molar-refractivity contribution in [2.45, 2.75) is 105 Å². The lowest BCUT2D eigenvalue weighted by Gasteiger charge is -2.22. The van der Waals surface area contributed by atoms with Gasteiger partial charge in [0.25, 0.3) is 0 Å². The lowest BCUT2D eigenvalue weighted by atomic mass is 9.85. The van der Waals surface area contributed by atoms with Gasteiger partial charge < -0.3 is 24.9 Å². The molecule has 0 bridgehead atoms. The number of nitrogens with one attached hydrogen (secondary N) is 1. The van der Waals surface area contributed by atoms with Gasteiger partial charge in [-0.15, -0.1) is 0 Å². The summed E-state index contributed by atoms with van der Waals surface area (Å²) in [7, 11) is -10.5. The molecule has 1 amide bonds. The molecule has 0 unspecified atom stereocenters. The molecule has 0 saturated carbocycles. The number of unbranched alkanes of at least 4 members (excludes halogenated alkanes) is 5. The number of rotatable bonds is 15. The average molecular weight is 570 g/mol. The van der Waals surface area contributed by atoms with E-state index in [1.807, 2.05) is 20.8 Å². The molecule has 0 saturated heterocycles. The van der Waals surface area contributed by atoms with Crippen molar-refractivity contribution in [1.82, 2.24) is 5.32 Å². The zero-order chi connectivity index (χ0) is 28.9. The Kier molecular flexibility index (Phi) is 14.8. The SMILES string of the molecule is CCCCCCCCC(=O)NCC#Cc1c(C(CC)=C(P(=O)(O)O)P(=O)(O)O)cc(CC)c(CC)c1CC. The first-order chi connectivity index (χ1) is 17.9. The third-order valence-corrected chi connectivity index (χ3v) is 9.78. The van der Waals surface area contributed by atoms with Crippen LogP contribution in [0.2, 0.25) is 0 Å². The molecule has 0 aliphatic carbocycles. The fourth-order valence-corrected chi connectivity index (χ4v) is 7.41. The Morgan fingerprint density at radius 2 is 1.42 bits per heavy atom. The third kappa shape index (κ3) is 10.1. The predicted octanol–water partition coefficient (Wildman–Crippen LogP) is 6.03. The van der Waals surface area contributed by atoms with E-state index in [9.17, 15) is 33.5 Å². The molecule has 5 N–H and O–H groups in total. The summed E-state index contributed by atoms with van der Waals surface area (Å²) in [6, 6.07) is 1.75. The maximum Gasteiger partial charge on any atom is 0.364 e. The highest BCUT2D eigenvalue weighted by molar-refractivity contribution is 7.77. The van der Waals surface area contributed by atoms with Gasteiger partial charge in [-0.1, -0.05) is 78.6 Å². The molecular formula is C28H45NO7P2. The zero-order valence-corrected chi connectivity index (χ0v) is 25.3. The van der Waals surface area contributed by atoms with Crippen LogP contribution in [0.25, 0.3) is 5.57 Å². The van der Waals surface area contributed by atoms with E-state index in [1.165, 1.54) is 19.3 Å².